The number of isocyanates is 1. The summed E-state index contributed by atoms with van der Waals surface area (Å²) in [5, 5.41) is 14.3. The molecule has 0 bridgehead atoms. The summed E-state index contributed by atoms with van der Waals surface area (Å²) in [6, 6.07) is 8.26. The van der Waals surface area contributed by atoms with Gasteiger partial charge in [0.1, 0.15) is 5.69 Å². The molecule has 22 heavy (non-hydrogen) atoms. The normalized spacial score (nSPS) is 21.0. The molecule has 1 aliphatic heterocycles. The van der Waals surface area contributed by atoms with Gasteiger partial charge in [-0.25, -0.2) is 4.79 Å². The molecule has 1 amide bonds. The molecule has 0 radical (unpaired) electrons. The van der Waals surface area contributed by atoms with Crippen molar-refractivity contribution in [2.75, 3.05) is 13.6 Å². The Hall–Kier alpha value is -2.76. The van der Waals surface area contributed by atoms with Gasteiger partial charge in [-0.15, -0.1) is 0 Å². The lowest BCUT2D eigenvalue weighted by Crippen LogP contribution is -2.36. The van der Waals surface area contributed by atoms with E-state index in [4.69, 9.17) is 4.52 Å². The first-order valence-corrected chi connectivity index (χ1v) is 6.68. The number of nitrogens with zero attached hydrogens (tertiary/aromatic N) is 3. The molecule has 1 aromatic heterocycles. The maximum atomic E-state index is 12.0. The molecule has 2 heterocycles. The lowest BCUT2D eigenvalue weighted by molar-refractivity contribution is -0.143. The third-order valence-electron chi connectivity index (χ3n) is 3.75. The van der Waals surface area contributed by atoms with Crippen LogP contribution >= 0.6 is 0 Å². The molecule has 1 unspecified atom stereocenters. The van der Waals surface area contributed by atoms with E-state index in [0.717, 1.165) is 0 Å². The van der Waals surface area contributed by atoms with Gasteiger partial charge in [-0.05, 0) is 12.1 Å². The first kappa shape index (κ1) is 14.2. The van der Waals surface area contributed by atoms with Gasteiger partial charge in [0.25, 0.3) is 5.91 Å². The summed E-state index contributed by atoms with van der Waals surface area (Å²) in [5.74, 6) is -0.0135. The van der Waals surface area contributed by atoms with Crippen LogP contribution in [0.2, 0.25) is 0 Å². The Morgan fingerprint density at radius 3 is 2.95 bits per heavy atom. The van der Waals surface area contributed by atoms with Crippen LogP contribution < -0.4 is 0 Å². The average Bonchev–Trinajstić information content (AvgIpc) is 3.11. The maximum absolute atomic E-state index is 12.0. The van der Waals surface area contributed by atoms with Crippen LogP contribution in [0.1, 0.15) is 12.1 Å². The van der Waals surface area contributed by atoms with Gasteiger partial charge in [0.05, 0.1) is 5.69 Å². The molecule has 0 aliphatic carbocycles. The average molecular weight is 299 g/mol. The molecule has 1 aromatic carbocycles. The van der Waals surface area contributed by atoms with Crippen LogP contribution in [0.25, 0.3) is 11.3 Å². The Morgan fingerprint density at radius 2 is 2.27 bits per heavy atom. The molecule has 1 fully saturated rings. The van der Waals surface area contributed by atoms with Crippen LogP contribution in [-0.2, 0) is 15.2 Å². The highest BCUT2D eigenvalue weighted by atomic mass is 16.5. The summed E-state index contributed by atoms with van der Waals surface area (Å²) >= 11 is 0. The van der Waals surface area contributed by atoms with Crippen LogP contribution in [0.4, 0.5) is 5.69 Å². The molecular weight excluding hydrogens is 286 g/mol. The van der Waals surface area contributed by atoms with E-state index in [-0.39, 0.29) is 12.1 Å². The predicted molar refractivity (Wildman–Crippen MR) is 75.9 cm³/mol. The number of aliphatic hydroxyl groups is 1. The molecule has 7 heteroatoms. The van der Waals surface area contributed by atoms with Gasteiger partial charge in [0.15, 0.2) is 11.4 Å². The quantitative estimate of drug-likeness (QED) is 0.682. The molecule has 1 aliphatic rings. The summed E-state index contributed by atoms with van der Waals surface area (Å²) in [4.78, 5) is 27.3. The largest absolute Gasteiger partial charge is 0.374 e. The van der Waals surface area contributed by atoms with E-state index in [9.17, 15) is 14.7 Å². The number of carbonyl (C=O) groups is 1. The Bertz CT molecular complexity index is 779. The van der Waals surface area contributed by atoms with Gasteiger partial charge in [0.2, 0.25) is 6.08 Å². The molecular formula is C15H13N3O4. The molecule has 2 aromatic rings. The number of hydrogen-bond donors (Lipinski definition) is 1. The smallest absolute Gasteiger partial charge is 0.260 e. The van der Waals surface area contributed by atoms with Crippen molar-refractivity contribution in [1.82, 2.24) is 10.1 Å². The van der Waals surface area contributed by atoms with Crippen molar-refractivity contribution >= 4 is 17.7 Å². The molecule has 1 saturated heterocycles. The van der Waals surface area contributed by atoms with E-state index in [1.165, 1.54) is 17.0 Å². The van der Waals surface area contributed by atoms with Gasteiger partial charge >= 0.3 is 0 Å². The van der Waals surface area contributed by atoms with E-state index in [0.29, 0.717) is 23.6 Å². The summed E-state index contributed by atoms with van der Waals surface area (Å²) in [7, 11) is 1.63. The zero-order valence-electron chi connectivity index (χ0n) is 11.8. The van der Waals surface area contributed by atoms with Crippen LogP contribution in [0.5, 0.6) is 0 Å². The van der Waals surface area contributed by atoms with Gasteiger partial charge in [-0.1, -0.05) is 17.3 Å². The Labute approximate surface area is 125 Å². The Balaban J connectivity index is 1.96. The number of hydrogen-bond acceptors (Lipinski definition) is 6. The number of amides is 1. The summed E-state index contributed by atoms with van der Waals surface area (Å²) in [5.41, 5.74) is -0.394. The summed E-state index contributed by atoms with van der Waals surface area (Å²) < 4.78 is 5.22. The Morgan fingerprint density at radius 1 is 1.45 bits per heavy atom. The fourth-order valence-corrected chi connectivity index (χ4v) is 2.48. The number of benzene rings is 1. The van der Waals surface area contributed by atoms with Crippen molar-refractivity contribution in [1.29, 1.82) is 0 Å². The van der Waals surface area contributed by atoms with Crippen molar-refractivity contribution in [2.24, 2.45) is 4.99 Å². The van der Waals surface area contributed by atoms with Crippen LogP contribution in [0.3, 0.4) is 0 Å². The van der Waals surface area contributed by atoms with Crippen molar-refractivity contribution in [3.05, 3.63) is 36.0 Å². The molecule has 0 spiro atoms. The zero-order valence-corrected chi connectivity index (χ0v) is 11.8. The van der Waals surface area contributed by atoms with Gasteiger partial charge in [-0.2, -0.15) is 4.99 Å². The van der Waals surface area contributed by atoms with E-state index in [1.54, 1.807) is 31.3 Å². The third kappa shape index (κ3) is 2.22. The minimum Gasteiger partial charge on any atom is -0.374 e. The number of aromatic nitrogens is 1. The van der Waals surface area contributed by atoms with E-state index in [2.05, 4.69) is 10.1 Å². The van der Waals surface area contributed by atoms with Gasteiger partial charge in [0, 0.05) is 31.6 Å². The van der Waals surface area contributed by atoms with E-state index >= 15 is 0 Å². The second kappa shape index (κ2) is 5.22. The number of rotatable bonds is 3. The monoisotopic (exact) mass is 299 g/mol. The fraction of sp³-hybridized carbons (Fsp3) is 0.267. The lowest BCUT2D eigenvalue weighted by atomic mass is 9.97. The van der Waals surface area contributed by atoms with Crippen molar-refractivity contribution in [3.63, 3.8) is 0 Å². The number of likely N-dealkylation sites (tertiary alicyclic amines) is 1. The summed E-state index contributed by atoms with van der Waals surface area (Å²) in [6.07, 6.45) is 1.74. The highest BCUT2D eigenvalue weighted by molar-refractivity contribution is 5.88. The second-order valence-corrected chi connectivity index (χ2v) is 5.17. The van der Waals surface area contributed by atoms with Crippen molar-refractivity contribution in [3.8, 4) is 11.3 Å². The van der Waals surface area contributed by atoms with Gasteiger partial charge < -0.3 is 14.5 Å². The van der Waals surface area contributed by atoms with Crippen molar-refractivity contribution in [2.45, 2.75) is 12.0 Å². The minimum absolute atomic E-state index is 0.182. The number of likely N-dealkylation sites (N-methyl/N-ethyl adjacent to an activating group) is 1. The maximum Gasteiger partial charge on any atom is 0.260 e. The van der Waals surface area contributed by atoms with E-state index in [1.807, 2.05) is 0 Å². The summed E-state index contributed by atoms with van der Waals surface area (Å²) in [6.45, 7) is 0.459. The lowest BCUT2D eigenvalue weighted by Gasteiger charge is -2.16. The van der Waals surface area contributed by atoms with Crippen LogP contribution in [0.15, 0.2) is 39.8 Å². The first-order valence-electron chi connectivity index (χ1n) is 6.68. The standard InChI is InChI=1S/C15H13N3O4/c1-18-6-5-15(21,14(18)20)13-8-12(22-17-13)10-3-2-4-11(7-10)16-9-19/h2-4,7-8,21H,5-6H2,1H3. The fourth-order valence-electron chi connectivity index (χ4n) is 2.48. The molecule has 1 atom stereocenters. The SMILES string of the molecule is CN1CCC(O)(c2cc(-c3cccc(N=C=O)c3)on2)C1=O. The molecule has 0 saturated carbocycles. The van der Waals surface area contributed by atoms with Gasteiger partial charge in [-0.3, -0.25) is 4.79 Å². The van der Waals surface area contributed by atoms with Crippen LogP contribution in [-0.4, -0.2) is 40.7 Å². The van der Waals surface area contributed by atoms with Crippen LogP contribution in [0, 0.1) is 0 Å². The minimum atomic E-state index is -1.64. The zero-order chi connectivity index (χ0) is 15.7. The topological polar surface area (TPSA) is 96.0 Å². The molecule has 3 rings (SSSR count). The van der Waals surface area contributed by atoms with E-state index < -0.39 is 11.5 Å². The molecule has 112 valence electrons. The number of aliphatic imine (C=N–C) groups is 1. The molecule has 7 nitrogen and oxygen atoms in total. The number of carbonyl (C=O) groups excluding carboxylic acids is 2. The third-order valence-corrected chi connectivity index (χ3v) is 3.75. The second-order valence-electron chi connectivity index (χ2n) is 5.17. The predicted octanol–water partition coefficient (Wildman–Crippen LogP) is 1.36. The van der Waals surface area contributed by atoms with Crippen molar-refractivity contribution < 1.29 is 19.2 Å². The highest BCUT2D eigenvalue weighted by Crippen LogP contribution is 2.34. The molecule has 1 N–H and O–H groups in total. The Kier molecular flexibility index (Phi) is 3.36. The highest BCUT2D eigenvalue weighted by Gasteiger charge is 2.47. The first-order chi connectivity index (χ1) is 10.5.